The second-order valence-electron chi connectivity index (χ2n) is 4.72. The molecule has 0 saturated heterocycles. The lowest BCUT2D eigenvalue weighted by molar-refractivity contribution is -0.118. The lowest BCUT2D eigenvalue weighted by Crippen LogP contribution is -2.42. The molecule has 0 radical (unpaired) electrons. The van der Waals surface area contributed by atoms with Gasteiger partial charge in [-0.1, -0.05) is 22.0 Å². The molecule has 3 N–H and O–H groups in total. The first-order valence-electron chi connectivity index (χ1n) is 6.61. The number of hydrogen-bond acceptors (Lipinski definition) is 6. The molecule has 1 amide bonds. The summed E-state index contributed by atoms with van der Waals surface area (Å²) in [7, 11) is 1.55. The molecule has 2 heterocycles. The Hall–Kier alpha value is -2.19. The van der Waals surface area contributed by atoms with Crippen molar-refractivity contribution in [1.82, 2.24) is 9.97 Å². The smallest absolute Gasteiger partial charge is 0.249 e. The summed E-state index contributed by atoms with van der Waals surface area (Å²) in [5.41, 5.74) is 1.38. The quantitative estimate of drug-likeness (QED) is 0.772. The molecule has 7 nitrogen and oxygen atoms in total. The molecule has 1 unspecified atom stereocenters. The third-order valence-corrected chi connectivity index (χ3v) is 3.64. The molecule has 2 aromatic rings. The van der Waals surface area contributed by atoms with E-state index in [0.29, 0.717) is 17.3 Å². The Bertz CT molecular complexity index is 709. The number of carbonyl (C=O) groups is 1. The van der Waals surface area contributed by atoms with Gasteiger partial charge in [0.05, 0.1) is 6.61 Å². The SMILES string of the molecule is COCC1Nc2ncnc(Nc3cccc(Br)c3)c2NC1=O. The van der Waals surface area contributed by atoms with Crippen LogP contribution in [0.5, 0.6) is 0 Å². The highest BCUT2D eigenvalue weighted by molar-refractivity contribution is 9.10. The number of halogens is 1. The summed E-state index contributed by atoms with van der Waals surface area (Å²) in [6.07, 6.45) is 1.44. The first-order valence-corrected chi connectivity index (χ1v) is 7.40. The number of nitrogens with zero attached hydrogens (tertiary/aromatic N) is 2. The van der Waals surface area contributed by atoms with Gasteiger partial charge in [-0.25, -0.2) is 9.97 Å². The predicted octanol–water partition coefficient (Wildman–Crippen LogP) is 2.36. The zero-order chi connectivity index (χ0) is 15.5. The molecule has 0 spiro atoms. The zero-order valence-corrected chi connectivity index (χ0v) is 13.3. The number of aromatic nitrogens is 2. The number of amides is 1. The van der Waals surface area contributed by atoms with Crippen LogP contribution in [-0.2, 0) is 9.53 Å². The summed E-state index contributed by atoms with van der Waals surface area (Å²) < 4.78 is 5.97. The Labute approximate surface area is 135 Å². The Balaban J connectivity index is 1.89. The van der Waals surface area contributed by atoms with E-state index >= 15 is 0 Å². The van der Waals surface area contributed by atoms with Crippen molar-refractivity contribution in [1.29, 1.82) is 0 Å². The molecule has 1 aliphatic heterocycles. The molecular weight excluding hydrogens is 350 g/mol. The first-order chi connectivity index (χ1) is 10.7. The number of hydrogen-bond donors (Lipinski definition) is 3. The van der Waals surface area contributed by atoms with Crippen LogP contribution in [0.2, 0.25) is 0 Å². The van der Waals surface area contributed by atoms with Gasteiger partial charge in [-0.3, -0.25) is 4.79 Å². The van der Waals surface area contributed by atoms with Gasteiger partial charge < -0.3 is 20.7 Å². The van der Waals surface area contributed by atoms with Crippen LogP contribution in [0.4, 0.5) is 23.0 Å². The third kappa shape index (κ3) is 3.02. The zero-order valence-electron chi connectivity index (χ0n) is 11.8. The predicted molar refractivity (Wildman–Crippen MR) is 87.4 cm³/mol. The Kier molecular flexibility index (Phi) is 4.21. The van der Waals surface area contributed by atoms with Gasteiger partial charge in [0.1, 0.15) is 18.1 Å². The fraction of sp³-hybridized carbons (Fsp3) is 0.214. The van der Waals surface area contributed by atoms with E-state index in [1.54, 1.807) is 7.11 Å². The van der Waals surface area contributed by atoms with Crippen molar-refractivity contribution in [3.63, 3.8) is 0 Å². The number of rotatable bonds is 4. The van der Waals surface area contributed by atoms with Crippen LogP contribution in [-0.4, -0.2) is 35.6 Å². The lowest BCUT2D eigenvalue weighted by Gasteiger charge is -2.26. The highest BCUT2D eigenvalue weighted by atomic mass is 79.9. The third-order valence-electron chi connectivity index (χ3n) is 3.14. The number of anilines is 4. The number of nitrogens with one attached hydrogen (secondary N) is 3. The molecule has 3 rings (SSSR count). The van der Waals surface area contributed by atoms with Crippen molar-refractivity contribution in [3.05, 3.63) is 35.1 Å². The van der Waals surface area contributed by atoms with Crippen LogP contribution < -0.4 is 16.0 Å². The van der Waals surface area contributed by atoms with Crippen molar-refractivity contribution >= 4 is 44.8 Å². The number of carbonyl (C=O) groups excluding carboxylic acids is 1. The van der Waals surface area contributed by atoms with E-state index in [4.69, 9.17) is 4.74 Å². The van der Waals surface area contributed by atoms with Gasteiger partial charge in [0.15, 0.2) is 11.6 Å². The van der Waals surface area contributed by atoms with Crippen molar-refractivity contribution in [2.75, 3.05) is 29.7 Å². The van der Waals surface area contributed by atoms with Gasteiger partial charge in [0.25, 0.3) is 0 Å². The highest BCUT2D eigenvalue weighted by Crippen LogP contribution is 2.32. The highest BCUT2D eigenvalue weighted by Gasteiger charge is 2.28. The standard InChI is InChI=1S/C14H14BrN5O2/c1-22-6-10-14(21)20-11-12(16-7-17-13(11)19-10)18-9-4-2-3-8(15)5-9/h2-5,7,10H,6H2,1H3,(H,20,21)(H2,16,17,18,19). The molecule has 0 saturated carbocycles. The minimum atomic E-state index is -0.467. The second kappa shape index (κ2) is 6.29. The maximum absolute atomic E-state index is 12.1. The fourth-order valence-electron chi connectivity index (χ4n) is 2.14. The maximum atomic E-state index is 12.1. The summed E-state index contributed by atoms with van der Waals surface area (Å²) in [4.78, 5) is 20.4. The van der Waals surface area contributed by atoms with E-state index in [1.807, 2.05) is 24.3 Å². The Morgan fingerprint density at radius 1 is 1.41 bits per heavy atom. The van der Waals surface area contributed by atoms with Crippen molar-refractivity contribution in [2.24, 2.45) is 0 Å². The summed E-state index contributed by atoms with van der Waals surface area (Å²) >= 11 is 3.42. The van der Waals surface area contributed by atoms with Crippen LogP contribution in [0.25, 0.3) is 0 Å². The minimum Gasteiger partial charge on any atom is -0.382 e. The van der Waals surface area contributed by atoms with Gasteiger partial charge in [-0.15, -0.1) is 0 Å². The van der Waals surface area contributed by atoms with Crippen LogP contribution in [0, 0.1) is 0 Å². The largest absolute Gasteiger partial charge is 0.382 e. The molecule has 1 aromatic carbocycles. The molecule has 0 bridgehead atoms. The van der Waals surface area contributed by atoms with E-state index < -0.39 is 6.04 Å². The molecule has 114 valence electrons. The molecule has 1 aromatic heterocycles. The number of ether oxygens (including phenoxy) is 1. The number of methoxy groups -OCH3 is 1. The van der Waals surface area contributed by atoms with Crippen molar-refractivity contribution in [2.45, 2.75) is 6.04 Å². The molecule has 0 aliphatic carbocycles. The van der Waals surface area contributed by atoms with Crippen LogP contribution in [0.1, 0.15) is 0 Å². The molecule has 8 heteroatoms. The summed E-state index contributed by atoms with van der Waals surface area (Å²) in [6, 6.07) is 7.20. The lowest BCUT2D eigenvalue weighted by atomic mass is 10.2. The average molecular weight is 364 g/mol. The summed E-state index contributed by atoms with van der Waals surface area (Å²) in [5, 5.41) is 9.04. The summed E-state index contributed by atoms with van der Waals surface area (Å²) in [5.74, 6) is 0.912. The van der Waals surface area contributed by atoms with E-state index in [-0.39, 0.29) is 12.5 Å². The van der Waals surface area contributed by atoms with Gasteiger partial charge in [0, 0.05) is 17.3 Å². The van der Waals surface area contributed by atoms with Crippen LogP contribution in [0.3, 0.4) is 0 Å². The topological polar surface area (TPSA) is 88.2 Å². The molecule has 1 aliphatic rings. The molecule has 0 fully saturated rings. The van der Waals surface area contributed by atoms with Gasteiger partial charge in [-0.2, -0.15) is 0 Å². The maximum Gasteiger partial charge on any atom is 0.249 e. The van der Waals surface area contributed by atoms with E-state index in [1.165, 1.54) is 6.33 Å². The minimum absolute atomic E-state index is 0.179. The average Bonchev–Trinajstić information content (AvgIpc) is 2.49. The van der Waals surface area contributed by atoms with Gasteiger partial charge in [-0.05, 0) is 18.2 Å². The van der Waals surface area contributed by atoms with E-state index in [0.717, 1.165) is 10.2 Å². The number of fused-ring (bicyclic) bond motifs is 1. The normalized spacial score (nSPS) is 16.5. The van der Waals surface area contributed by atoms with Crippen LogP contribution >= 0.6 is 15.9 Å². The molecule has 1 atom stereocenters. The van der Waals surface area contributed by atoms with Crippen LogP contribution in [0.15, 0.2) is 35.1 Å². The van der Waals surface area contributed by atoms with Gasteiger partial charge in [0.2, 0.25) is 5.91 Å². The molecule has 22 heavy (non-hydrogen) atoms. The first kappa shape index (κ1) is 14.7. The van der Waals surface area contributed by atoms with Crippen molar-refractivity contribution in [3.8, 4) is 0 Å². The monoisotopic (exact) mass is 363 g/mol. The van der Waals surface area contributed by atoms with E-state index in [9.17, 15) is 4.79 Å². The van der Waals surface area contributed by atoms with E-state index in [2.05, 4.69) is 41.8 Å². The number of benzene rings is 1. The Morgan fingerprint density at radius 3 is 3.05 bits per heavy atom. The van der Waals surface area contributed by atoms with Crippen molar-refractivity contribution < 1.29 is 9.53 Å². The fourth-order valence-corrected chi connectivity index (χ4v) is 2.54. The molecular formula is C14H14BrN5O2. The Morgan fingerprint density at radius 2 is 2.27 bits per heavy atom. The summed E-state index contributed by atoms with van der Waals surface area (Å²) in [6.45, 7) is 0.268. The second-order valence-corrected chi connectivity index (χ2v) is 5.64. The van der Waals surface area contributed by atoms with Gasteiger partial charge >= 0.3 is 0 Å².